The molecule has 0 aliphatic carbocycles. The van der Waals surface area contributed by atoms with Crippen LogP contribution < -0.4 is 5.56 Å². The molecule has 84 valence electrons. The predicted octanol–water partition coefficient (Wildman–Crippen LogP) is 1.91. The first kappa shape index (κ1) is 11.1. The number of aromatic nitrogens is 1. The van der Waals surface area contributed by atoms with Gasteiger partial charge in [0.15, 0.2) is 0 Å². The molecule has 0 atom stereocenters. The van der Waals surface area contributed by atoms with Gasteiger partial charge in [0.1, 0.15) is 17.4 Å². The highest BCUT2D eigenvalue weighted by Gasteiger charge is 2.02. The summed E-state index contributed by atoms with van der Waals surface area (Å²) in [6, 6.07) is 10.9. The molecule has 4 heteroatoms. The fraction of sp³-hybridized carbons (Fsp3) is 0.0769. The molecule has 1 aromatic carbocycles. The molecular weight excluding hydrogens is 219 g/mol. The molecule has 0 bridgehead atoms. The summed E-state index contributed by atoms with van der Waals surface area (Å²) in [6.45, 7) is 0.328. The van der Waals surface area contributed by atoms with Gasteiger partial charge in [-0.1, -0.05) is 12.1 Å². The smallest absolute Gasteiger partial charge is 0.268 e. The lowest BCUT2D eigenvalue weighted by Crippen LogP contribution is -2.22. The Balaban J connectivity index is 2.34. The molecule has 0 spiro atoms. The summed E-state index contributed by atoms with van der Waals surface area (Å²) < 4.78 is 14.1. The Labute approximate surface area is 97.4 Å². The fourth-order valence-electron chi connectivity index (χ4n) is 1.53. The number of nitriles is 1. The van der Waals surface area contributed by atoms with Crippen molar-refractivity contribution >= 4 is 0 Å². The maximum atomic E-state index is 12.7. The SMILES string of the molecule is N#Cc1cccn(Cc2ccc(F)cc2)c1=O. The molecule has 0 saturated carbocycles. The van der Waals surface area contributed by atoms with Gasteiger partial charge in [-0.3, -0.25) is 4.79 Å². The molecule has 1 aromatic heterocycles. The molecule has 0 fully saturated rings. The van der Waals surface area contributed by atoms with Crippen LogP contribution in [0.5, 0.6) is 0 Å². The minimum absolute atomic E-state index is 0.106. The summed E-state index contributed by atoms with van der Waals surface area (Å²) in [7, 11) is 0. The summed E-state index contributed by atoms with van der Waals surface area (Å²) >= 11 is 0. The standard InChI is InChI=1S/C13H9FN2O/c14-12-5-3-10(4-6-12)9-16-7-1-2-11(8-15)13(16)17/h1-7H,9H2. The van der Waals surface area contributed by atoms with Crippen LogP contribution in [0.15, 0.2) is 47.4 Å². The van der Waals surface area contributed by atoms with E-state index in [9.17, 15) is 9.18 Å². The topological polar surface area (TPSA) is 45.8 Å². The van der Waals surface area contributed by atoms with E-state index in [0.717, 1.165) is 5.56 Å². The molecule has 0 N–H and O–H groups in total. The van der Waals surface area contributed by atoms with Crippen molar-refractivity contribution in [3.8, 4) is 6.07 Å². The fourth-order valence-corrected chi connectivity index (χ4v) is 1.53. The van der Waals surface area contributed by atoms with Gasteiger partial charge in [0, 0.05) is 6.20 Å². The maximum Gasteiger partial charge on any atom is 0.268 e. The van der Waals surface area contributed by atoms with Gasteiger partial charge < -0.3 is 4.57 Å². The number of rotatable bonds is 2. The van der Waals surface area contributed by atoms with Gasteiger partial charge in [-0.05, 0) is 29.8 Å². The Morgan fingerprint density at radius 1 is 1.24 bits per heavy atom. The van der Waals surface area contributed by atoms with Crippen LogP contribution in [0.3, 0.4) is 0 Å². The minimum atomic E-state index is -0.334. The van der Waals surface area contributed by atoms with E-state index in [4.69, 9.17) is 5.26 Å². The highest BCUT2D eigenvalue weighted by atomic mass is 19.1. The number of hydrogen-bond acceptors (Lipinski definition) is 2. The Morgan fingerprint density at radius 3 is 2.59 bits per heavy atom. The maximum absolute atomic E-state index is 12.7. The largest absolute Gasteiger partial charge is 0.310 e. The van der Waals surface area contributed by atoms with Crippen LogP contribution in [0.4, 0.5) is 4.39 Å². The second kappa shape index (κ2) is 4.62. The zero-order valence-electron chi connectivity index (χ0n) is 8.93. The first-order valence-electron chi connectivity index (χ1n) is 5.05. The average Bonchev–Trinajstić information content (AvgIpc) is 2.35. The van der Waals surface area contributed by atoms with Crippen molar-refractivity contribution in [2.45, 2.75) is 6.54 Å². The second-order valence-corrected chi connectivity index (χ2v) is 3.59. The first-order chi connectivity index (χ1) is 8.20. The lowest BCUT2D eigenvalue weighted by molar-refractivity contribution is 0.626. The molecule has 0 aliphatic heterocycles. The Hall–Kier alpha value is -2.41. The molecule has 0 unspecified atom stereocenters. The van der Waals surface area contributed by atoms with E-state index in [2.05, 4.69) is 0 Å². The monoisotopic (exact) mass is 228 g/mol. The quantitative estimate of drug-likeness (QED) is 0.788. The molecule has 0 aliphatic rings. The van der Waals surface area contributed by atoms with Crippen molar-refractivity contribution in [2.75, 3.05) is 0 Å². The molecule has 2 rings (SSSR count). The second-order valence-electron chi connectivity index (χ2n) is 3.59. The van der Waals surface area contributed by atoms with E-state index in [0.29, 0.717) is 6.54 Å². The van der Waals surface area contributed by atoms with Crippen LogP contribution in [-0.2, 0) is 6.54 Å². The number of pyridine rings is 1. The zero-order valence-corrected chi connectivity index (χ0v) is 8.93. The van der Waals surface area contributed by atoms with E-state index >= 15 is 0 Å². The molecule has 0 amide bonds. The summed E-state index contributed by atoms with van der Waals surface area (Å²) in [4.78, 5) is 11.7. The zero-order chi connectivity index (χ0) is 12.3. The van der Waals surface area contributed by atoms with Crippen molar-refractivity contribution in [1.82, 2.24) is 4.57 Å². The van der Waals surface area contributed by atoms with E-state index < -0.39 is 0 Å². The number of nitrogens with zero attached hydrogens (tertiary/aromatic N) is 2. The molecule has 2 aromatic rings. The van der Waals surface area contributed by atoms with Crippen molar-refractivity contribution in [3.63, 3.8) is 0 Å². The third-order valence-electron chi connectivity index (χ3n) is 2.41. The number of benzene rings is 1. The normalized spacial score (nSPS) is 9.88. The highest BCUT2D eigenvalue weighted by Crippen LogP contribution is 2.04. The van der Waals surface area contributed by atoms with Crippen LogP contribution in [0.2, 0.25) is 0 Å². The number of halogens is 1. The minimum Gasteiger partial charge on any atom is -0.310 e. The molecule has 3 nitrogen and oxygen atoms in total. The van der Waals surface area contributed by atoms with Gasteiger partial charge in [-0.2, -0.15) is 5.26 Å². The van der Waals surface area contributed by atoms with Crippen LogP contribution in [-0.4, -0.2) is 4.57 Å². The van der Waals surface area contributed by atoms with Gasteiger partial charge in [-0.25, -0.2) is 4.39 Å². The van der Waals surface area contributed by atoms with Crippen LogP contribution in [0, 0.1) is 17.1 Å². The Morgan fingerprint density at radius 2 is 1.94 bits per heavy atom. The van der Waals surface area contributed by atoms with Crippen LogP contribution >= 0.6 is 0 Å². The van der Waals surface area contributed by atoms with Crippen LogP contribution in [0.1, 0.15) is 11.1 Å². The third-order valence-corrected chi connectivity index (χ3v) is 2.41. The van der Waals surface area contributed by atoms with Crippen molar-refractivity contribution in [3.05, 3.63) is 69.9 Å². The summed E-state index contributed by atoms with van der Waals surface area (Å²) in [6.07, 6.45) is 1.60. The number of hydrogen-bond donors (Lipinski definition) is 0. The van der Waals surface area contributed by atoms with Crippen molar-refractivity contribution in [2.24, 2.45) is 0 Å². The van der Waals surface area contributed by atoms with Gasteiger partial charge in [0.25, 0.3) is 5.56 Å². The van der Waals surface area contributed by atoms with Gasteiger partial charge >= 0.3 is 0 Å². The van der Waals surface area contributed by atoms with Crippen molar-refractivity contribution < 1.29 is 4.39 Å². The molecular formula is C13H9FN2O. The highest BCUT2D eigenvalue weighted by molar-refractivity contribution is 5.26. The Bertz CT molecular complexity index is 623. The molecule has 0 radical (unpaired) electrons. The summed E-state index contributed by atoms with van der Waals surface area (Å²) in [5.41, 5.74) is 0.581. The Kier molecular flexibility index (Phi) is 3.01. The van der Waals surface area contributed by atoms with Crippen molar-refractivity contribution in [1.29, 1.82) is 5.26 Å². The van der Waals surface area contributed by atoms with Gasteiger partial charge in [-0.15, -0.1) is 0 Å². The summed E-state index contributed by atoms with van der Waals surface area (Å²) in [5, 5.41) is 8.73. The van der Waals surface area contributed by atoms with Crippen LogP contribution in [0.25, 0.3) is 0 Å². The van der Waals surface area contributed by atoms with Gasteiger partial charge in [0.2, 0.25) is 0 Å². The van der Waals surface area contributed by atoms with E-state index in [1.807, 2.05) is 6.07 Å². The average molecular weight is 228 g/mol. The van der Waals surface area contributed by atoms with Gasteiger partial charge in [0.05, 0.1) is 6.54 Å². The lowest BCUT2D eigenvalue weighted by Gasteiger charge is -2.05. The first-order valence-corrected chi connectivity index (χ1v) is 5.05. The molecule has 1 heterocycles. The van der Waals surface area contributed by atoms with E-state index in [-0.39, 0.29) is 16.9 Å². The van der Waals surface area contributed by atoms with E-state index in [1.54, 1.807) is 24.4 Å². The predicted molar refractivity (Wildman–Crippen MR) is 60.9 cm³/mol. The molecule has 17 heavy (non-hydrogen) atoms. The van der Waals surface area contributed by atoms with E-state index in [1.165, 1.54) is 22.8 Å². The molecule has 0 saturated heterocycles. The third kappa shape index (κ3) is 2.40. The lowest BCUT2D eigenvalue weighted by atomic mass is 10.2. The summed E-state index contributed by atoms with van der Waals surface area (Å²) in [5.74, 6) is -0.313.